The molecule has 3 aromatic carbocycles. The molecule has 3 aliphatic rings. The number of carbonyl (C=O) groups is 2. The standard InChI is InChI=1S/C37H42Cl2FN5O4/c1-37(2,3)27-8-13-30(31(24-27)49-21-14-40)34-41-32(25-4-9-28(38)10-5-25)33(26-6-11-29(39)12-7-26)45(34)36(47)43-17-15-42(16-18-43)35(46)44-19-22-48-23-20-44/h4-13,24,32-33H,14-23H2,1-3H3/t32-,33+/m0/s1. The quantitative estimate of drug-likeness (QED) is 0.268. The molecular weight excluding hydrogens is 668 g/mol. The molecule has 2 fully saturated rings. The fraction of sp³-hybridized carbons (Fsp3) is 0.432. The van der Waals surface area contributed by atoms with Gasteiger partial charge in [0.1, 0.15) is 30.9 Å². The molecule has 2 atom stereocenters. The summed E-state index contributed by atoms with van der Waals surface area (Å²) in [5.41, 5.74) is 3.11. The minimum atomic E-state index is -0.664. The van der Waals surface area contributed by atoms with E-state index in [0.717, 1.165) is 16.7 Å². The van der Waals surface area contributed by atoms with Gasteiger partial charge in [-0.1, -0.05) is 74.3 Å². The van der Waals surface area contributed by atoms with Crippen LogP contribution in [0.4, 0.5) is 14.0 Å². The number of benzene rings is 3. The summed E-state index contributed by atoms with van der Waals surface area (Å²) in [4.78, 5) is 40.5. The fourth-order valence-corrected chi connectivity index (χ4v) is 6.74. The van der Waals surface area contributed by atoms with Gasteiger partial charge < -0.3 is 24.2 Å². The van der Waals surface area contributed by atoms with Gasteiger partial charge in [0.05, 0.1) is 24.8 Å². The molecule has 3 aliphatic heterocycles. The second kappa shape index (κ2) is 14.9. The third-order valence-corrected chi connectivity index (χ3v) is 9.73. The van der Waals surface area contributed by atoms with E-state index in [1.165, 1.54) is 0 Å². The first-order valence-electron chi connectivity index (χ1n) is 16.7. The lowest BCUT2D eigenvalue weighted by Gasteiger charge is -2.40. The lowest BCUT2D eigenvalue weighted by Crippen LogP contribution is -2.58. The number of hydrogen-bond donors (Lipinski definition) is 0. The van der Waals surface area contributed by atoms with Crippen LogP contribution in [0.15, 0.2) is 71.7 Å². The zero-order valence-corrected chi connectivity index (χ0v) is 29.6. The summed E-state index contributed by atoms with van der Waals surface area (Å²) in [6.07, 6.45) is 0. The van der Waals surface area contributed by atoms with Crippen molar-refractivity contribution in [3.05, 3.63) is 99.0 Å². The molecular formula is C37H42Cl2FN5O4. The molecule has 12 heteroatoms. The van der Waals surface area contributed by atoms with Crippen molar-refractivity contribution in [2.24, 2.45) is 4.99 Å². The first-order chi connectivity index (χ1) is 23.5. The van der Waals surface area contributed by atoms with Crippen LogP contribution in [0.2, 0.25) is 10.0 Å². The van der Waals surface area contributed by atoms with Gasteiger partial charge in [-0.15, -0.1) is 0 Å². The summed E-state index contributed by atoms with van der Waals surface area (Å²) >= 11 is 12.6. The van der Waals surface area contributed by atoms with Crippen molar-refractivity contribution in [3.63, 3.8) is 0 Å². The first kappa shape index (κ1) is 35.0. The zero-order chi connectivity index (χ0) is 34.7. The van der Waals surface area contributed by atoms with E-state index in [9.17, 15) is 14.0 Å². The molecule has 0 saturated carbocycles. The normalized spacial score (nSPS) is 20.0. The first-order valence-corrected chi connectivity index (χ1v) is 17.4. The lowest BCUT2D eigenvalue weighted by atomic mass is 9.86. The monoisotopic (exact) mass is 709 g/mol. The molecule has 0 N–H and O–H groups in total. The van der Waals surface area contributed by atoms with E-state index in [2.05, 4.69) is 20.8 Å². The number of amides is 4. The summed E-state index contributed by atoms with van der Waals surface area (Å²) in [6.45, 7) is 9.16. The molecule has 3 heterocycles. The lowest BCUT2D eigenvalue weighted by molar-refractivity contribution is 0.0386. The van der Waals surface area contributed by atoms with Crippen LogP contribution >= 0.6 is 23.2 Å². The van der Waals surface area contributed by atoms with Crippen molar-refractivity contribution in [2.45, 2.75) is 38.3 Å². The van der Waals surface area contributed by atoms with Crippen LogP contribution in [-0.2, 0) is 10.2 Å². The van der Waals surface area contributed by atoms with Crippen LogP contribution in [0.5, 0.6) is 5.75 Å². The van der Waals surface area contributed by atoms with Crippen molar-refractivity contribution in [2.75, 3.05) is 65.8 Å². The number of amidine groups is 1. The molecule has 0 aromatic heterocycles. The maximum Gasteiger partial charge on any atom is 0.326 e. The average Bonchev–Trinajstić information content (AvgIpc) is 3.51. The third kappa shape index (κ3) is 7.66. The summed E-state index contributed by atoms with van der Waals surface area (Å²) in [7, 11) is 0. The molecule has 0 unspecified atom stereocenters. The molecule has 6 rings (SSSR count). The van der Waals surface area contributed by atoms with Gasteiger partial charge in [0.25, 0.3) is 0 Å². The Labute approximate surface area is 297 Å². The number of alkyl halides is 1. The van der Waals surface area contributed by atoms with Crippen molar-refractivity contribution in [1.82, 2.24) is 19.6 Å². The highest BCUT2D eigenvalue weighted by Gasteiger charge is 2.45. The molecule has 4 amide bonds. The number of nitrogens with zero attached hydrogens (tertiary/aromatic N) is 5. The van der Waals surface area contributed by atoms with Crippen LogP contribution in [-0.4, -0.2) is 103 Å². The maximum atomic E-state index is 14.9. The van der Waals surface area contributed by atoms with Crippen LogP contribution in [0.3, 0.4) is 0 Å². The predicted octanol–water partition coefficient (Wildman–Crippen LogP) is 7.37. The van der Waals surface area contributed by atoms with Gasteiger partial charge in [-0.05, 0) is 58.5 Å². The van der Waals surface area contributed by atoms with E-state index in [4.69, 9.17) is 37.7 Å². The van der Waals surface area contributed by atoms with E-state index in [1.54, 1.807) is 31.7 Å². The minimum Gasteiger partial charge on any atom is -0.490 e. The third-order valence-electron chi connectivity index (χ3n) is 9.22. The molecule has 0 spiro atoms. The Kier molecular flexibility index (Phi) is 10.7. The number of morpholine rings is 1. The van der Waals surface area contributed by atoms with Crippen molar-refractivity contribution in [3.8, 4) is 5.75 Å². The van der Waals surface area contributed by atoms with Gasteiger partial charge in [0.15, 0.2) is 0 Å². The number of rotatable bonds is 6. The van der Waals surface area contributed by atoms with Crippen molar-refractivity contribution >= 4 is 41.1 Å². The molecule has 9 nitrogen and oxygen atoms in total. The van der Waals surface area contributed by atoms with Gasteiger partial charge in [-0.2, -0.15) is 0 Å². The highest BCUT2D eigenvalue weighted by Crippen LogP contribution is 2.46. The Bertz CT molecular complexity index is 1670. The SMILES string of the molecule is CC(C)(C)c1ccc(C2=N[C@@H](c3ccc(Cl)cc3)[C@@H](c3ccc(Cl)cc3)N2C(=O)N2CCN(C(=O)N3CCOCC3)CC2)c(OCCF)c1. The highest BCUT2D eigenvalue weighted by molar-refractivity contribution is 6.30. The number of hydrogen-bond acceptors (Lipinski definition) is 5. The van der Waals surface area contributed by atoms with Gasteiger partial charge in [-0.25, -0.2) is 14.0 Å². The number of aliphatic imine (C=N–C) groups is 1. The highest BCUT2D eigenvalue weighted by atomic mass is 35.5. The van der Waals surface area contributed by atoms with Gasteiger partial charge in [0.2, 0.25) is 0 Å². The largest absolute Gasteiger partial charge is 0.490 e. The summed E-state index contributed by atoms with van der Waals surface area (Å²) in [6, 6.07) is 19.4. The Morgan fingerprint density at radius 1 is 0.816 bits per heavy atom. The van der Waals surface area contributed by atoms with E-state index in [0.29, 0.717) is 79.7 Å². The van der Waals surface area contributed by atoms with Crippen LogP contribution in [0.1, 0.15) is 55.1 Å². The predicted molar refractivity (Wildman–Crippen MR) is 190 cm³/mol. The number of piperazine rings is 1. The average molecular weight is 711 g/mol. The zero-order valence-electron chi connectivity index (χ0n) is 28.1. The van der Waals surface area contributed by atoms with Crippen LogP contribution in [0.25, 0.3) is 0 Å². The maximum absolute atomic E-state index is 14.9. The van der Waals surface area contributed by atoms with Crippen molar-refractivity contribution in [1.29, 1.82) is 0 Å². The second-order valence-electron chi connectivity index (χ2n) is 13.5. The number of ether oxygens (including phenoxy) is 2. The molecule has 49 heavy (non-hydrogen) atoms. The molecule has 260 valence electrons. The van der Waals surface area contributed by atoms with Gasteiger partial charge >= 0.3 is 12.1 Å². The minimum absolute atomic E-state index is 0.0331. The van der Waals surface area contributed by atoms with E-state index in [-0.39, 0.29) is 24.1 Å². The molecule has 0 aliphatic carbocycles. The summed E-state index contributed by atoms with van der Waals surface area (Å²) < 4.78 is 25.0. The van der Waals surface area contributed by atoms with E-state index in [1.807, 2.05) is 54.6 Å². The number of halogens is 3. The molecule has 0 bridgehead atoms. The van der Waals surface area contributed by atoms with Crippen molar-refractivity contribution < 1.29 is 23.5 Å². The smallest absolute Gasteiger partial charge is 0.326 e. The number of carbonyl (C=O) groups excluding carboxylic acids is 2. The molecule has 2 saturated heterocycles. The second-order valence-corrected chi connectivity index (χ2v) is 14.3. The molecule has 0 radical (unpaired) electrons. The Balaban J connectivity index is 1.41. The Morgan fingerprint density at radius 3 is 1.94 bits per heavy atom. The topological polar surface area (TPSA) is 77.9 Å². The number of urea groups is 2. The molecule has 3 aromatic rings. The Hall–Kier alpha value is -3.86. The van der Waals surface area contributed by atoms with Gasteiger partial charge in [0, 0.05) is 49.3 Å². The van der Waals surface area contributed by atoms with Crippen LogP contribution < -0.4 is 4.74 Å². The van der Waals surface area contributed by atoms with Crippen LogP contribution in [0, 0.1) is 0 Å². The van der Waals surface area contributed by atoms with Gasteiger partial charge in [-0.3, -0.25) is 9.89 Å². The Morgan fingerprint density at radius 2 is 1.37 bits per heavy atom. The van der Waals surface area contributed by atoms with E-state index >= 15 is 0 Å². The summed E-state index contributed by atoms with van der Waals surface area (Å²) in [5, 5.41) is 1.16. The van der Waals surface area contributed by atoms with E-state index < -0.39 is 18.8 Å². The fourth-order valence-electron chi connectivity index (χ4n) is 6.49. The summed E-state index contributed by atoms with van der Waals surface area (Å²) in [5.74, 6) is 0.875.